The van der Waals surface area contributed by atoms with Gasteiger partial charge in [-0.3, -0.25) is 0 Å². The fourth-order valence-corrected chi connectivity index (χ4v) is 2.90. The maximum atomic E-state index is 10.5. The molecule has 0 radical (unpaired) electrons. The third-order valence-electron chi connectivity index (χ3n) is 4.79. The molecule has 0 bridgehead atoms. The highest BCUT2D eigenvalue weighted by Gasteiger charge is 2.33. The Hall–Kier alpha value is -0.120. The molecule has 0 aliphatic carbocycles. The summed E-state index contributed by atoms with van der Waals surface area (Å²) in [7, 11) is 0. The number of likely N-dealkylation sites (tertiary alicyclic amines) is 1. The summed E-state index contributed by atoms with van der Waals surface area (Å²) in [5, 5.41) is 14.1. The van der Waals surface area contributed by atoms with E-state index >= 15 is 0 Å². The van der Waals surface area contributed by atoms with Crippen molar-refractivity contribution < 1.29 is 5.11 Å². The van der Waals surface area contributed by atoms with Crippen LogP contribution in [0.3, 0.4) is 0 Å². The lowest BCUT2D eigenvalue weighted by Gasteiger charge is -2.42. The predicted molar refractivity (Wildman–Crippen MR) is 82.4 cm³/mol. The molecule has 0 saturated carbocycles. The first-order valence-electron chi connectivity index (χ1n) is 8.08. The summed E-state index contributed by atoms with van der Waals surface area (Å²) < 4.78 is 0. The number of nitrogens with zero attached hydrogens (tertiary/aromatic N) is 1. The number of hydrogen-bond acceptors (Lipinski definition) is 3. The fourth-order valence-electron chi connectivity index (χ4n) is 2.90. The van der Waals surface area contributed by atoms with Crippen molar-refractivity contribution in [2.75, 3.05) is 26.2 Å². The van der Waals surface area contributed by atoms with E-state index < -0.39 is 5.60 Å². The van der Waals surface area contributed by atoms with Gasteiger partial charge in [0.15, 0.2) is 0 Å². The third kappa shape index (κ3) is 5.05. The number of nitrogens with one attached hydrogen (secondary N) is 1. The standard InChI is InChI=1S/C16H34N2O/c1-6-9-17-15-8-10-18(11-14(15)7-2)12-16(5,19)13(3)4/h13-15,17,19H,6-12H2,1-5H3. The molecule has 3 heteroatoms. The van der Waals surface area contributed by atoms with Crippen LogP contribution in [-0.2, 0) is 0 Å². The van der Waals surface area contributed by atoms with Crippen LogP contribution >= 0.6 is 0 Å². The van der Waals surface area contributed by atoms with E-state index in [0.29, 0.717) is 12.0 Å². The minimum atomic E-state index is -0.567. The quantitative estimate of drug-likeness (QED) is 0.746. The first-order valence-corrected chi connectivity index (χ1v) is 8.08. The van der Waals surface area contributed by atoms with Gasteiger partial charge in [0.2, 0.25) is 0 Å². The van der Waals surface area contributed by atoms with Crippen LogP contribution in [0.1, 0.15) is 53.9 Å². The van der Waals surface area contributed by atoms with Gasteiger partial charge in [-0.25, -0.2) is 0 Å². The summed E-state index contributed by atoms with van der Waals surface area (Å²) in [6, 6.07) is 0.671. The minimum Gasteiger partial charge on any atom is -0.389 e. The van der Waals surface area contributed by atoms with Gasteiger partial charge in [0.05, 0.1) is 5.60 Å². The molecule has 3 unspecified atom stereocenters. The van der Waals surface area contributed by atoms with E-state index in [1.165, 1.54) is 19.3 Å². The van der Waals surface area contributed by atoms with Crippen molar-refractivity contribution in [3.63, 3.8) is 0 Å². The zero-order valence-corrected chi connectivity index (χ0v) is 13.6. The maximum absolute atomic E-state index is 10.5. The molecule has 1 aliphatic rings. The molecule has 1 fully saturated rings. The first-order chi connectivity index (χ1) is 8.90. The van der Waals surface area contributed by atoms with E-state index in [9.17, 15) is 5.11 Å². The molecule has 1 aliphatic heterocycles. The molecule has 114 valence electrons. The molecular weight excluding hydrogens is 236 g/mol. The van der Waals surface area contributed by atoms with Crippen molar-refractivity contribution in [2.45, 2.75) is 65.5 Å². The van der Waals surface area contributed by atoms with Crippen LogP contribution in [0.2, 0.25) is 0 Å². The van der Waals surface area contributed by atoms with E-state index in [0.717, 1.165) is 32.1 Å². The summed E-state index contributed by atoms with van der Waals surface area (Å²) in [4.78, 5) is 2.46. The SMILES string of the molecule is CCCNC1CCN(CC(C)(O)C(C)C)CC1CC. The highest BCUT2D eigenvalue weighted by Crippen LogP contribution is 2.24. The molecule has 19 heavy (non-hydrogen) atoms. The Morgan fingerprint density at radius 1 is 1.37 bits per heavy atom. The fraction of sp³-hybridized carbons (Fsp3) is 1.00. The second-order valence-electron chi connectivity index (χ2n) is 6.76. The van der Waals surface area contributed by atoms with Crippen LogP contribution in [0.15, 0.2) is 0 Å². The average molecular weight is 270 g/mol. The van der Waals surface area contributed by atoms with Gasteiger partial charge in [-0.1, -0.05) is 34.1 Å². The Labute approximate surface area is 119 Å². The van der Waals surface area contributed by atoms with Gasteiger partial charge in [-0.05, 0) is 44.7 Å². The molecule has 3 nitrogen and oxygen atoms in total. The monoisotopic (exact) mass is 270 g/mol. The van der Waals surface area contributed by atoms with Crippen LogP contribution in [0, 0.1) is 11.8 Å². The van der Waals surface area contributed by atoms with Gasteiger partial charge >= 0.3 is 0 Å². The van der Waals surface area contributed by atoms with Crippen LogP contribution < -0.4 is 5.32 Å². The van der Waals surface area contributed by atoms with Gasteiger partial charge in [-0.15, -0.1) is 0 Å². The maximum Gasteiger partial charge on any atom is 0.0768 e. The minimum absolute atomic E-state index is 0.309. The highest BCUT2D eigenvalue weighted by molar-refractivity contribution is 4.88. The van der Waals surface area contributed by atoms with Gasteiger partial charge in [0.1, 0.15) is 0 Å². The molecule has 0 amide bonds. The molecular formula is C16H34N2O. The second kappa shape index (κ2) is 7.61. The molecule has 1 rings (SSSR count). The zero-order chi connectivity index (χ0) is 14.5. The highest BCUT2D eigenvalue weighted by atomic mass is 16.3. The molecule has 0 aromatic heterocycles. The lowest BCUT2D eigenvalue weighted by Crippen LogP contribution is -2.53. The lowest BCUT2D eigenvalue weighted by atomic mass is 9.87. The van der Waals surface area contributed by atoms with Crippen molar-refractivity contribution in [3.05, 3.63) is 0 Å². The largest absolute Gasteiger partial charge is 0.389 e. The molecule has 0 aromatic rings. The van der Waals surface area contributed by atoms with E-state index in [4.69, 9.17) is 0 Å². The zero-order valence-electron chi connectivity index (χ0n) is 13.6. The second-order valence-corrected chi connectivity index (χ2v) is 6.76. The molecule has 0 aromatic carbocycles. The third-order valence-corrected chi connectivity index (χ3v) is 4.79. The van der Waals surface area contributed by atoms with Crippen molar-refractivity contribution in [2.24, 2.45) is 11.8 Å². The molecule has 1 heterocycles. The summed E-state index contributed by atoms with van der Waals surface area (Å²) in [6.07, 6.45) is 3.65. The smallest absolute Gasteiger partial charge is 0.0768 e. The summed E-state index contributed by atoms with van der Waals surface area (Å²) >= 11 is 0. The Balaban J connectivity index is 2.50. The van der Waals surface area contributed by atoms with E-state index in [1.54, 1.807) is 0 Å². The van der Waals surface area contributed by atoms with Gasteiger partial charge in [0, 0.05) is 19.1 Å². The normalized spacial score (nSPS) is 28.6. The Morgan fingerprint density at radius 2 is 2.05 bits per heavy atom. The van der Waals surface area contributed by atoms with Crippen molar-refractivity contribution in [1.29, 1.82) is 0 Å². The van der Waals surface area contributed by atoms with Crippen molar-refractivity contribution in [3.8, 4) is 0 Å². The van der Waals surface area contributed by atoms with Crippen LogP contribution in [0.25, 0.3) is 0 Å². The van der Waals surface area contributed by atoms with Crippen LogP contribution in [0.5, 0.6) is 0 Å². The Bertz CT molecular complexity index is 253. The topological polar surface area (TPSA) is 35.5 Å². The average Bonchev–Trinajstić information content (AvgIpc) is 2.36. The van der Waals surface area contributed by atoms with Gasteiger partial charge in [0.25, 0.3) is 0 Å². The van der Waals surface area contributed by atoms with E-state index in [2.05, 4.69) is 37.9 Å². The lowest BCUT2D eigenvalue weighted by molar-refractivity contribution is -0.0310. The van der Waals surface area contributed by atoms with Crippen molar-refractivity contribution in [1.82, 2.24) is 10.2 Å². The van der Waals surface area contributed by atoms with Gasteiger partial charge < -0.3 is 15.3 Å². The van der Waals surface area contributed by atoms with Crippen LogP contribution in [-0.4, -0.2) is 47.8 Å². The Morgan fingerprint density at radius 3 is 2.58 bits per heavy atom. The molecule has 2 N–H and O–H groups in total. The van der Waals surface area contributed by atoms with E-state index in [-0.39, 0.29) is 0 Å². The van der Waals surface area contributed by atoms with E-state index in [1.807, 2.05) is 6.92 Å². The molecule has 0 spiro atoms. The number of aliphatic hydroxyl groups is 1. The van der Waals surface area contributed by atoms with Gasteiger partial charge in [-0.2, -0.15) is 0 Å². The number of hydrogen-bond donors (Lipinski definition) is 2. The number of piperidine rings is 1. The first kappa shape index (κ1) is 16.9. The number of β-amino-alcohol motifs (C(OH)–C–C–N with tert-alkyl or cyclic N) is 1. The number of rotatable bonds is 7. The Kier molecular flexibility index (Phi) is 6.78. The summed E-state index contributed by atoms with van der Waals surface area (Å²) in [5.41, 5.74) is -0.567. The summed E-state index contributed by atoms with van der Waals surface area (Å²) in [6.45, 7) is 14.9. The van der Waals surface area contributed by atoms with Crippen LogP contribution in [0.4, 0.5) is 0 Å². The summed E-state index contributed by atoms with van der Waals surface area (Å²) in [5.74, 6) is 1.03. The predicted octanol–water partition coefficient (Wildman–Crippen LogP) is 2.49. The van der Waals surface area contributed by atoms with Crippen molar-refractivity contribution >= 4 is 0 Å². The molecule has 3 atom stereocenters. The molecule has 1 saturated heterocycles.